The van der Waals surface area contributed by atoms with Gasteiger partial charge in [0, 0.05) is 31.1 Å². The molecule has 0 spiro atoms. The minimum atomic E-state index is -0.0301. The van der Waals surface area contributed by atoms with Crippen molar-refractivity contribution in [3.8, 4) is 22.8 Å². The molecule has 0 fully saturated rings. The molecule has 34 heavy (non-hydrogen) atoms. The Balaban J connectivity index is 1.19. The number of carbonyl (C=O) groups excluding carboxylic acids is 1. The van der Waals surface area contributed by atoms with Crippen LogP contribution in [0.1, 0.15) is 36.9 Å². The molecule has 2 heterocycles. The third-order valence-electron chi connectivity index (χ3n) is 5.42. The Bertz CT molecular complexity index is 1200. The van der Waals surface area contributed by atoms with E-state index in [1.54, 1.807) is 0 Å². The molecule has 0 saturated carbocycles. The second-order valence-electron chi connectivity index (χ2n) is 7.94. The second kappa shape index (κ2) is 11.3. The lowest BCUT2D eigenvalue weighted by atomic mass is 10.1. The fourth-order valence-electron chi connectivity index (χ4n) is 3.61. The Morgan fingerprint density at radius 1 is 1.09 bits per heavy atom. The molecule has 4 aromatic rings. The van der Waals surface area contributed by atoms with Crippen LogP contribution in [0.4, 0.5) is 0 Å². The number of aryl methyl sites for hydroxylation is 3. The van der Waals surface area contributed by atoms with Crippen LogP contribution < -0.4 is 10.1 Å². The van der Waals surface area contributed by atoms with Crippen LogP contribution in [0.3, 0.4) is 0 Å². The molecule has 0 unspecified atom stereocenters. The monoisotopic (exact) mass is 459 g/mol. The molecule has 0 bridgehead atoms. The van der Waals surface area contributed by atoms with Gasteiger partial charge in [-0.05, 0) is 68.7 Å². The van der Waals surface area contributed by atoms with Gasteiger partial charge < -0.3 is 14.6 Å². The van der Waals surface area contributed by atoms with E-state index in [1.807, 2.05) is 73.1 Å². The van der Waals surface area contributed by atoms with Crippen LogP contribution in [0.15, 0.2) is 65.3 Å². The number of aromatic nitrogens is 4. The molecule has 0 radical (unpaired) electrons. The van der Waals surface area contributed by atoms with E-state index in [0.717, 1.165) is 35.5 Å². The van der Waals surface area contributed by atoms with Gasteiger partial charge >= 0.3 is 0 Å². The predicted octanol–water partition coefficient (Wildman–Crippen LogP) is 4.31. The summed E-state index contributed by atoms with van der Waals surface area (Å²) in [4.78, 5) is 16.6. The third kappa shape index (κ3) is 6.10. The number of hydrogen-bond acceptors (Lipinski definition) is 6. The standard InChI is InChI=1S/C26H29N5O3/c1-3-33-23-13-11-20(12-14-23)26-28-25(34-30-26)16-15-24(32)27-17-7-8-21-18-31(29-19(21)2)22-9-5-4-6-10-22/h4-6,9-14,18H,3,7-8,15-17H2,1-2H3,(H,27,32). The maximum Gasteiger partial charge on any atom is 0.227 e. The highest BCUT2D eigenvalue weighted by molar-refractivity contribution is 5.76. The molecule has 0 aliphatic rings. The van der Waals surface area contributed by atoms with Crippen molar-refractivity contribution >= 4 is 5.91 Å². The number of carbonyl (C=O) groups is 1. The van der Waals surface area contributed by atoms with Crippen LogP contribution in [0.5, 0.6) is 5.75 Å². The highest BCUT2D eigenvalue weighted by Gasteiger charge is 2.11. The lowest BCUT2D eigenvalue weighted by Crippen LogP contribution is -2.25. The molecule has 8 heteroatoms. The highest BCUT2D eigenvalue weighted by Crippen LogP contribution is 2.20. The zero-order chi connectivity index (χ0) is 23.8. The minimum absolute atomic E-state index is 0.0301. The summed E-state index contributed by atoms with van der Waals surface area (Å²) in [5.41, 5.74) is 4.08. The van der Waals surface area contributed by atoms with Gasteiger partial charge in [-0.2, -0.15) is 10.1 Å². The molecule has 4 rings (SSSR count). The van der Waals surface area contributed by atoms with E-state index in [4.69, 9.17) is 9.26 Å². The molecule has 1 N–H and O–H groups in total. The van der Waals surface area contributed by atoms with Crippen molar-refractivity contribution < 1.29 is 14.1 Å². The Morgan fingerprint density at radius 2 is 1.88 bits per heavy atom. The van der Waals surface area contributed by atoms with Crippen molar-refractivity contribution in [2.75, 3.05) is 13.2 Å². The summed E-state index contributed by atoms with van der Waals surface area (Å²) in [5.74, 6) is 1.72. The first-order valence-electron chi connectivity index (χ1n) is 11.6. The summed E-state index contributed by atoms with van der Waals surface area (Å²) in [6, 6.07) is 17.6. The van der Waals surface area contributed by atoms with Crippen LogP contribution in [0.25, 0.3) is 17.1 Å². The van der Waals surface area contributed by atoms with Gasteiger partial charge in [-0.3, -0.25) is 4.79 Å². The summed E-state index contributed by atoms with van der Waals surface area (Å²) in [7, 11) is 0. The van der Waals surface area contributed by atoms with Gasteiger partial charge in [0.05, 0.1) is 18.0 Å². The first kappa shape index (κ1) is 23.2. The van der Waals surface area contributed by atoms with Gasteiger partial charge in [0.15, 0.2) is 0 Å². The van der Waals surface area contributed by atoms with Crippen LogP contribution in [0.2, 0.25) is 0 Å². The first-order chi connectivity index (χ1) is 16.6. The summed E-state index contributed by atoms with van der Waals surface area (Å²) in [6.07, 6.45) is 4.46. The smallest absolute Gasteiger partial charge is 0.227 e. The van der Waals surface area contributed by atoms with Crippen LogP contribution in [-0.4, -0.2) is 39.0 Å². The fraction of sp³-hybridized carbons (Fsp3) is 0.308. The maximum atomic E-state index is 12.2. The van der Waals surface area contributed by atoms with Crippen molar-refractivity contribution in [1.82, 2.24) is 25.2 Å². The van der Waals surface area contributed by atoms with E-state index >= 15 is 0 Å². The molecule has 0 aliphatic carbocycles. The van der Waals surface area contributed by atoms with E-state index < -0.39 is 0 Å². The first-order valence-corrected chi connectivity index (χ1v) is 11.6. The van der Waals surface area contributed by atoms with E-state index in [0.29, 0.717) is 37.7 Å². The van der Waals surface area contributed by atoms with Crippen molar-refractivity contribution in [2.24, 2.45) is 0 Å². The molecule has 0 saturated heterocycles. The molecule has 176 valence electrons. The van der Waals surface area contributed by atoms with Crippen molar-refractivity contribution in [3.63, 3.8) is 0 Å². The number of hydrogen-bond donors (Lipinski definition) is 1. The van der Waals surface area contributed by atoms with Gasteiger partial charge in [0.2, 0.25) is 17.6 Å². The average molecular weight is 460 g/mol. The number of nitrogens with zero attached hydrogens (tertiary/aromatic N) is 4. The molecule has 8 nitrogen and oxygen atoms in total. The van der Waals surface area contributed by atoms with Crippen molar-refractivity contribution in [1.29, 1.82) is 0 Å². The van der Waals surface area contributed by atoms with Crippen molar-refractivity contribution in [2.45, 2.75) is 39.5 Å². The summed E-state index contributed by atoms with van der Waals surface area (Å²) >= 11 is 0. The number of benzene rings is 2. The number of rotatable bonds is 11. The molecule has 2 aromatic carbocycles. The third-order valence-corrected chi connectivity index (χ3v) is 5.42. The lowest BCUT2D eigenvalue weighted by molar-refractivity contribution is -0.121. The summed E-state index contributed by atoms with van der Waals surface area (Å²) in [5, 5.41) is 11.6. The van der Waals surface area contributed by atoms with E-state index in [9.17, 15) is 4.79 Å². The van der Waals surface area contributed by atoms with Gasteiger partial charge in [0.1, 0.15) is 5.75 Å². The average Bonchev–Trinajstić information content (AvgIpc) is 3.49. The van der Waals surface area contributed by atoms with Gasteiger partial charge in [-0.15, -0.1) is 0 Å². The van der Waals surface area contributed by atoms with E-state index in [1.165, 1.54) is 5.56 Å². The van der Waals surface area contributed by atoms with Gasteiger partial charge in [-0.1, -0.05) is 23.4 Å². The van der Waals surface area contributed by atoms with Crippen molar-refractivity contribution in [3.05, 3.63) is 77.9 Å². The lowest BCUT2D eigenvalue weighted by Gasteiger charge is -2.04. The Hall–Kier alpha value is -3.94. The topological polar surface area (TPSA) is 95.1 Å². The molecular formula is C26H29N5O3. The molecule has 1 amide bonds. The summed E-state index contributed by atoms with van der Waals surface area (Å²) in [6.45, 7) is 5.18. The van der Waals surface area contributed by atoms with Crippen LogP contribution >= 0.6 is 0 Å². The predicted molar refractivity (Wildman–Crippen MR) is 129 cm³/mol. The maximum absolute atomic E-state index is 12.2. The van der Waals surface area contributed by atoms with Gasteiger partial charge in [0.25, 0.3) is 0 Å². The van der Waals surface area contributed by atoms with E-state index in [-0.39, 0.29) is 5.91 Å². The highest BCUT2D eigenvalue weighted by atomic mass is 16.5. The normalized spacial score (nSPS) is 10.9. The number of ether oxygens (including phenoxy) is 1. The fourth-order valence-corrected chi connectivity index (χ4v) is 3.61. The minimum Gasteiger partial charge on any atom is -0.494 e. The molecule has 0 aliphatic heterocycles. The van der Waals surface area contributed by atoms with Gasteiger partial charge in [-0.25, -0.2) is 4.68 Å². The Kier molecular flexibility index (Phi) is 7.70. The zero-order valence-electron chi connectivity index (χ0n) is 19.5. The largest absolute Gasteiger partial charge is 0.494 e. The zero-order valence-corrected chi connectivity index (χ0v) is 19.5. The van der Waals surface area contributed by atoms with E-state index in [2.05, 4.69) is 26.8 Å². The quantitative estimate of drug-likeness (QED) is 0.336. The molecular weight excluding hydrogens is 430 g/mol. The van der Waals surface area contributed by atoms with Crippen LogP contribution in [-0.2, 0) is 17.6 Å². The summed E-state index contributed by atoms with van der Waals surface area (Å²) < 4.78 is 12.6. The number of nitrogens with one attached hydrogen (secondary N) is 1. The second-order valence-corrected chi connectivity index (χ2v) is 7.94. The SMILES string of the molecule is CCOc1ccc(-c2noc(CCC(=O)NCCCc3cn(-c4ccccc4)nc3C)n2)cc1. The Labute approximate surface area is 199 Å². The Morgan fingerprint density at radius 3 is 2.65 bits per heavy atom. The molecule has 0 atom stereocenters. The number of para-hydroxylation sites is 1. The molecule has 2 aromatic heterocycles. The number of amides is 1. The van der Waals surface area contributed by atoms with Crippen LogP contribution in [0, 0.1) is 6.92 Å².